The zero-order valence-corrected chi connectivity index (χ0v) is 11.2. The molecule has 0 aromatic carbocycles. The standard InChI is InChI=1S/C12H20N2O4/c1-12(2,3)9(11(17)18)13-10(16)7-5-8(15)14(4)6-7/h7,9H,5-6H2,1-4H3,(H,13,16)(H,17,18)/t7?,9-/m1/s1. The summed E-state index contributed by atoms with van der Waals surface area (Å²) in [5, 5.41) is 11.6. The molecule has 2 atom stereocenters. The fourth-order valence-corrected chi connectivity index (χ4v) is 1.95. The molecule has 1 aliphatic heterocycles. The van der Waals surface area contributed by atoms with Gasteiger partial charge >= 0.3 is 5.97 Å². The molecule has 1 aliphatic rings. The van der Waals surface area contributed by atoms with Crippen LogP contribution in [0.1, 0.15) is 27.2 Å². The van der Waals surface area contributed by atoms with Crippen LogP contribution >= 0.6 is 0 Å². The number of carbonyl (C=O) groups is 3. The van der Waals surface area contributed by atoms with Gasteiger partial charge in [0.1, 0.15) is 6.04 Å². The molecule has 102 valence electrons. The molecule has 2 N–H and O–H groups in total. The lowest BCUT2D eigenvalue weighted by atomic mass is 9.86. The summed E-state index contributed by atoms with van der Waals surface area (Å²) in [4.78, 5) is 35.9. The minimum Gasteiger partial charge on any atom is -0.480 e. The second kappa shape index (κ2) is 4.96. The van der Waals surface area contributed by atoms with Crippen LogP contribution in [0.15, 0.2) is 0 Å². The minimum absolute atomic E-state index is 0.0854. The average molecular weight is 256 g/mol. The predicted molar refractivity (Wildman–Crippen MR) is 64.8 cm³/mol. The predicted octanol–water partition coefficient (Wildman–Crippen LogP) is 0.0802. The molecule has 1 unspecified atom stereocenters. The minimum atomic E-state index is -1.06. The van der Waals surface area contributed by atoms with Gasteiger partial charge in [0.05, 0.1) is 5.92 Å². The summed E-state index contributed by atoms with van der Waals surface area (Å²) in [5.41, 5.74) is -0.573. The number of carbonyl (C=O) groups excluding carboxylic acids is 2. The topological polar surface area (TPSA) is 86.7 Å². The molecule has 2 amide bonds. The number of nitrogens with zero attached hydrogens (tertiary/aromatic N) is 1. The Morgan fingerprint density at radius 3 is 2.33 bits per heavy atom. The number of hydrogen-bond acceptors (Lipinski definition) is 3. The summed E-state index contributed by atoms with van der Waals surface area (Å²) >= 11 is 0. The Kier molecular flexibility index (Phi) is 3.98. The zero-order valence-electron chi connectivity index (χ0n) is 11.2. The van der Waals surface area contributed by atoms with Crippen molar-refractivity contribution in [3.63, 3.8) is 0 Å². The van der Waals surface area contributed by atoms with E-state index >= 15 is 0 Å². The molecule has 1 fully saturated rings. The highest BCUT2D eigenvalue weighted by Crippen LogP contribution is 2.21. The van der Waals surface area contributed by atoms with E-state index in [-0.39, 0.29) is 18.2 Å². The molecule has 0 aliphatic carbocycles. The Labute approximate surface area is 106 Å². The van der Waals surface area contributed by atoms with Gasteiger partial charge in [-0.05, 0) is 5.41 Å². The molecule has 1 saturated heterocycles. The fraction of sp³-hybridized carbons (Fsp3) is 0.750. The summed E-state index contributed by atoms with van der Waals surface area (Å²) < 4.78 is 0. The molecule has 0 spiro atoms. The van der Waals surface area contributed by atoms with Gasteiger partial charge in [-0.15, -0.1) is 0 Å². The van der Waals surface area contributed by atoms with Crippen LogP contribution in [0.3, 0.4) is 0 Å². The van der Waals surface area contributed by atoms with E-state index in [0.717, 1.165) is 0 Å². The van der Waals surface area contributed by atoms with Crippen molar-refractivity contribution in [3.05, 3.63) is 0 Å². The third kappa shape index (κ3) is 3.21. The maximum absolute atomic E-state index is 11.9. The maximum Gasteiger partial charge on any atom is 0.326 e. The van der Waals surface area contributed by atoms with Crippen molar-refractivity contribution >= 4 is 17.8 Å². The molecule has 1 rings (SSSR count). The van der Waals surface area contributed by atoms with Crippen LogP contribution in [0.2, 0.25) is 0 Å². The number of carboxylic acid groups (broad SMARTS) is 1. The Morgan fingerprint density at radius 1 is 1.44 bits per heavy atom. The lowest BCUT2D eigenvalue weighted by Gasteiger charge is -2.28. The van der Waals surface area contributed by atoms with Crippen molar-refractivity contribution in [2.45, 2.75) is 33.2 Å². The van der Waals surface area contributed by atoms with Gasteiger partial charge in [0.2, 0.25) is 11.8 Å². The van der Waals surface area contributed by atoms with Gasteiger partial charge in [-0.3, -0.25) is 9.59 Å². The van der Waals surface area contributed by atoms with Gasteiger partial charge in [-0.1, -0.05) is 20.8 Å². The van der Waals surface area contributed by atoms with E-state index in [4.69, 9.17) is 5.11 Å². The number of carboxylic acids is 1. The van der Waals surface area contributed by atoms with Crippen molar-refractivity contribution in [3.8, 4) is 0 Å². The molecule has 0 aromatic rings. The molecule has 0 bridgehead atoms. The largest absolute Gasteiger partial charge is 0.480 e. The number of likely N-dealkylation sites (tertiary alicyclic amines) is 1. The zero-order chi connectivity index (χ0) is 14.1. The molecule has 0 radical (unpaired) electrons. The highest BCUT2D eigenvalue weighted by atomic mass is 16.4. The van der Waals surface area contributed by atoms with E-state index in [0.29, 0.717) is 6.54 Å². The number of hydrogen-bond donors (Lipinski definition) is 2. The number of amides is 2. The Morgan fingerprint density at radius 2 is 2.00 bits per heavy atom. The fourth-order valence-electron chi connectivity index (χ4n) is 1.95. The molecule has 0 aromatic heterocycles. The Hall–Kier alpha value is -1.59. The van der Waals surface area contributed by atoms with Crippen LogP contribution in [0.25, 0.3) is 0 Å². The monoisotopic (exact) mass is 256 g/mol. The number of rotatable bonds is 3. The van der Waals surface area contributed by atoms with Crippen LogP contribution in [0.5, 0.6) is 0 Å². The van der Waals surface area contributed by atoms with E-state index in [1.54, 1.807) is 27.8 Å². The SMILES string of the molecule is CN1CC(C(=O)N[C@H](C(=O)O)C(C)(C)C)CC1=O. The summed E-state index contributed by atoms with van der Waals surface area (Å²) in [6, 6.07) is -0.953. The molecule has 6 heteroatoms. The van der Waals surface area contributed by atoms with Crippen LogP contribution in [-0.2, 0) is 14.4 Å². The van der Waals surface area contributed by atoms with Crippen LogP contribution < -0.4 is 5.32 Å². The summed E-state index contributed by atoms with van der Waals surface area (Å²) in [7, 11) is 1.63. The van der Waals surface area contributed by atoms with Crippen molar-refractivity contribution in [2.75, 3.05) is 13.6 Å². The van der Waals surface area contributed by atoms with Gasteiger partial charge in [0.15, 0.2) is 0 Å². The van der Waals surface area contributed by atoms with Gasteiger partial charge in [0.25, 0.3) is 0 Å². The van der Waals surface area contributed by atoms with Crippen molar-refractivity contribution in [1.82, 2.24) is 10.2 Å². The van der Waals surface area contributed by atoms with Crippen LogP contribution in [0, 0.1) is 11.3 Å². The van der Waals surface area contributed by atoms with Crippen molar-refractivity contribution < 1.29 is 19.5 Å². The molecule has 1 heterocycles. The number of nitrogens with one attached hydrogen (secondary N) is 1. The van der Waals surface area contributed by atoms with Crippen LogP contribution in [0.4, 0.5) is 0 Å². The second-order valence-electron chi connectivity index (χ2n) is 5.82. The molecular weight excluding hydrogens is 236 g/mol. The second-order valence-corrected chi connectivity index (χ2v) is 5.82. The summed E-state index contributed by atoms with van der Waals surface area (Å²) in [6.45, 7) is 5.59. The highest BCUT2D eigenvalue weighted by molar-refractivity contribution is 5.91. The normalized spacial score (nSPS) is 21.9. The van der Waals surface area contributed by atoms with Gasteiger partial charge < -0.3 is 15.3 Å². The lowest BCUT2D eigenvalue weighted by molar-refractivity contribution is -0.145. The lowest BCUT2D eigenvalue weighted by Crippen LogP contribution is -2.51. The Balaban J connectivity index is 2.69. The van der Waals surface area contributed by atoms with E-state index in [2.05, 4.69) is 5.32 Å². The van der Waals surface area contributed by atoms with E-state index in [1.165, 1.54) is 4.90 Å². The third-order valence-corrected chi connectivity index (χ3v) is 3.11. The smallest absolute Gasteiger partial charge is 0.326 e. The van der Waals surface area contributed by atoms with E-state index in [9.17, 15) is 14.4 Å². The first kappa shape index (κ1) is 14.5. The van der Waals surface area contributed by atoms with Crippen molar-refractivity contribution in [2.24, 2.45) is 11.3 Å². The molecule has 18 heavy (non-hydrogen) atoms. The van der Waals surface area contributed by atoms with E-state index in [1.807, 2.05) is 0 Å². The average Bonchev–Trinajstić information content (AvgIpc) is 2.53. The van der Waals surface area contributed by atoms with Gasteiger partial charge in [-0.25, -0.2) is 4.79 Å². The highest BCUT2D eigenvalue weighted by Gasteiger charge is 2.37. The van der Waals surface area contributed by atoms with Gasteiger partial charge in [0, 0.05) is 20.0 Å². The Bertz CT molecular complexity index is 373. The molecular formula is C12H20N2O4. The quantitative estimate of drug-likeness (QED) is 0.748. The number of aliphatic carboxylic acids is 1. The molecule has 0 saturated carbocycles. The van der Waals surface area contributed by atoms with Gasteiger partial charge in [-0.2, -0.15) is 0 Å². The first-order valence-electron chi connectivity index (χ1n) is 5.90. The maximum atomic E-state index is 11.9. The molecule has 6 nitrogen and oxygen atoms in total. The van der Waals surface area contributed by atoms with E-state index < -0.39 is 23.3 Å². The summed E-state index contributed by atoms with van der Waals surface area (Å²) in [5.74, 6) is -1.96. The summed E-state index contributed by atoms with van der Waals surface area (Å²) in [6.07, 6.45) is 0.152. The van der Waals surface area contributed by atoms with Crippen LogP contribution in [-0.4, -0.2) is 47.4 Å². The first-order valence-corrected chi connectivity index (χ1v) is 5.90. The third-order valence-electron chi connectivity index (χ3n) is 3.11. The van der Waals surface area contributed by atoms with Crippen molar-refractivity contribution in [1.29, 1.82) is 0 Å². The first-order chi connectivity index (χ1) is 8.12.